The summed E-state index contributed by atoms with van der Waals surface area (Å²) in [5, 5.41) is 0. The van der Waals surface area contributed by atoms with Crippen molar-refractivity contribution in [3.05, 3.63) is 129 Å². The second kappa shape index (κ2) is 10.7. The molecule has 3 heteroatoms. The number of hydrogen-bond donors (Lipinski definition) is 0. The average molecular weight is 716 g/mol. The zero-order valence-corrected chi connectivity index (χ0v) is 28.2. The Balaban J connectivity index is 0.00000154. The fourth-order valence-electron chi connectivity index (χ4n) is 7.75. The Morgan fingerprint density at radius 1 is 0.513 bits per heavy atom. The van der Waals surface area contributed by atoms with Crippen LogP contribution in [0.5, 0.6) is 0 Å². The van der Waals surface area contributed by atoms with Gasteiger partial charge in [0.15, 0.2) is 0 Å². The maximum atomic E-state index is 2.57. The SMILES string of the molecule is CC1=Cc2c(-c3ccccc3)ccc(C)c2[CH]1[Hf+2]1([CH]2C(C)=Cc3c(-c4ccccc4)ccc(C)c32)[CH2][CH2]1.[Cl-].[Cl-]. The van der Waals surface area contributed by atoms with Crippen LogP contribution in [0.1, 0.15) is 54.6 Å². The van der Waals surface area contributed by atoms with E-state index in [1.54, 1.807) is 22.3 Å². The number of rotatable bonds is 4. The molecule has 0 saturated carbocycles. The molecule has 196 valence electrons. The number of hydrogen-bond acceptors (Lipinski definition) is 0. The molecule has 0 N–H and O–H groups in total. The molecule has 2 unspecified atom stereocenters. The Kier molecular flexibility index (Phi) is 7.74. The van der Waals surface area contributed by atoms with Gasteiger partial charge in [-0.3, -0.25) is 0 Å². The average Bonchev–Trinajstić information content (AvgIpc) is 3.48. The third-order valence-corrected chi connectivity index (χ3v) is 28.9. The van der Waals surface area contributed by atoms with Gasteiger partial charge in [0.1, 0.15) is 0 Å². The van der Waals surface area contributed by atoms with Crippen LogP contribution in [0.15, 0.2) is 96.1 Å². The van der Waals surface area contributed by atoms with E-state index in [0.717, 1.165) is 0 Å². The standard InChI is InChI=1S/2C17H15.C2H4.2ClH.Hf/c2*1-12-10-16-13(2)8-9-15(17(16)11-12)14-6-4-3-5-7-14;1-2;;;/h2*3-11H,1-2H3;1-2H2;2*1H;/q;;;;;+2/p-2. The summed E-state index contributed by atoms with van der Waals surface area (Å²) >= 11 is -2.82. The molecule has 0 bridgehead atoms. The van der Waals surface area contributed by atoms with Gasteiger partial charge in [-0.2, -0.15) is 0 Å². The molecule has 4 aromatic rings. The first-order valence-electron chi connectivity index (χ1n) is 13.7. The molecule has 1 heterocycles. The normalized spacial score (nSPS) is 18.9. The van der Waals surface area contributed by atoms with E-state index in [0.29, 0.717) is 7.35 Å². The Morgan fingerprint density at radius 2 is 0.897 bits per heavy atom. The van der Waals surface area contributed by atoms with E-state index in [2.05, 4.69) is 125 Å². The van der Waals surface area contributed by atoms with Crippen molar-refractivity contribution in [2.24, 2.45) is 0 Å². The second-order valence-corrected chi connectivity index (χ2v) is 28.2. The zero-order chi connectivity index (χ0) is 25.3. The van der Waals surface area contributed by atoms with Gasteiger partial charge in [-0.05, 0) is 0 Å². The van der Waals surface area contributed by atoms with Crippen molar-refractivity contribution in [2.75, 3.05) is 0 Å². The topological polar surface area (TPSA) is 0 Å². The first-order valence-corrected chi connectivity index (χ1v) is 23.0. The summed E-state index contributed by atoms with van der Waals surface area (Å²) in [7, 11) is 0. The van der Waals surface area contributed by atoms with Gasteiger partial charge in [-0.15, -0.1) is 0 Å². The molecule has 2 aliphatic carbocycles. The molecule has 0 aromatic heterocycles. The molecule has 1 saturated heterocycles. The predicted molar refractivity (Wildman–Crippen MR) is 156 cm³/mol. The molecule has 0 spiro atoms. The number of fused-ring (bicyclic) bond motifs is 2. The van der Waals surface area contributed by atoms with Crippen molar-refractivity contribution in [2.45, 2.75) is 43.4 Å². The van der Waals surface area contributed by atoms with Crippen LogP contribution in [-0.2, 0) is 20.0 Å². The van der Waals surface area contributed by atoms with Gasteiger partial charge in [0.2, 0.25) is 0 Å². The number of halogens is 2. The van der Waals surface area contributed by atoms with Crippen molar-refractivity contribution < 1.29 is 44.8 Å². The van der Waals surface area contributed by atoms with Crippen LogP contribution < -0.4 is 24.8 Å². The summed E-state index contributed by atoms with van der Waals surface area (Å²) < 4.78 is 4.43. The molecule has 0 nitrogen and oxygen atoms in total. The second-order valence-electron chi connectivity index (χ2n) is 11.6. The van der Waals surface area contributed by atoms with E-state index in [1.807, 2.05) is 0 Å². The summed E-state index contributed by atoms with van der Waals surface area (Å²) in [5.74, 6) is 0. The van der Waals surface area contributed by atoms with Crippen molar-refractivity contribution in [3.8, 4) is 22.3 Å². The van der Waals surface area contributed by atoms with Gasteiger partial charge in [-0.25, -0.2) is 0 Å². The molecular formula is C36H34Cl2Hf. The summed E-state index contributed by atoms with van der Waals surface area (Å²) in [6.45, 7) is 9.62. The van der Waals surface area contributed by atoms with E-state index < -0.39 is 20.0 Å². The van der Waals surface area contributed by atoms with Gasteiger partial charge in [-0.1, -0.05) is 0 Å². The maximum Gasteiger partial charge on any atom is -1.00 e. The van der Waals surface area contributed by atoms with Crippen molar-refractivity contribution in [1.82, 2.24) is 0 Å². The molecule has 3 aliphatic rings. The van der Waals surface area contributed by atoms with Gasteiger partial charge < -0.3 is 24.8 Å². The van der Waals surface area contributed by atoms with E-state index in [4.69, 9.17) is 0 Å². The van der Waals surface area contributed by atoms with Gasteiger partial charge >= 0.3 is 227 Å². The van der Waals surface area contributed by atoms with Crippen LogP contribution in [0, 0.1) is 13.8 Å². The first-order chi connectivity index (χ1) is 18.0. The molecular weight excluding hydrogens is 682 g/mol. The molecule has 39 heavy (non-hydrogen) atoms. The van der Waals surface area contributed by atoms with Crippen molar-refractivity contribution in [3.63, 3.8) is 0 Å². The largest absolute Gasteiger partial charge is 1.00 e. The quantitative estimate of drug-likeness (QED) is 0.278. The maximum absolute atomic E-state index is 2.82. The Labute approximate surface area is 250 Å². The third kappa shape index (κ3) is 4.37. The van der Waals surface area contributed by atoms with Gasteiger partial charge in [0, 0.05) is 0 Å². The van der Waals surface area contributed by atoms with Crippen LogP contribution in [0.2, 0.25) is 8.35 Å². The van der Waals surface area contributed by atoms with Crippen LogP contribution in [0.3, 0.4) is 0 Å². The third-order valence-electron chi connectivity index (χ3n) is 9.39. The Hall–Kier alpha value is -2.19. The number of aryl methyl sites for hydroxylation is 2. The van der Waals surface area contributed by atoms with E-state index in [9.17, 15) is 0 Å². The molecule has 0 radical (unpaired) electrons. The minimum atomic E-state index is -2.82. The summed E-state index contributed by atoms with van der Waals surface area (Å²) in [5.41, 5.74) is 18.1. The summed E-state index contributed by atoms with van der Waals surface area (Å²) in [6, 6.07) is 31.5. The number of allylic oxidation sites excluding steroid dienone is 2. The Bertz CT molecular complexity index is 1490. The van der Waals surface area contributed by atoms with E-state index in [1.165, 1.54) is 52.9 Å². The first kappa shape index (κ1) is 28.3. The molecule has 7 rings (SSSR count). The zero-order valence-electron chi connectivity index (χ0n) is 23.1. The smallest absolute Gasteiger partial charge is 1.00 e. The van der Waals surface area contributed by atoms with Crippen LogP contribution in [0.25, 0.3) is 34.4 Å². The van der Waals surface area contributed by atoms with Gasteiger partial charge in [0.25, 0.3) is 0 Å². The summed E-state index contributed by atoms with van der Waals surface area (Å²) in [4.78, 5) is 0. The summed E-state index contributed by atoms with van der Waals surface area (Å²) in [6.07, 6.45) is 5.13. The van der Waals surface area contributed by atoms with Crippen LogP contribution in [0.4, 0.5) is 0 Å². The fraction of sp³-hybridized carbons (Fsp3) is 0.222. The molecule has 0 amide bonds. The monoisotopic (exact) mass is 716 g/mol. The molecule has 1 fully saturated rings. The van der Waals surface area contributed by atoms with Crippen LogP contribution in [-0.4, -0.2) is 0 Å². The van der Waals surface area contributed by atoms with Crippen molar-refractivity contribution in [1.29, 1.82) is 0 Å². The minimum absolute atomic E-state index is 0. The van der Waals surface area contributed by atoms with E-state index in [-0.39, 0.29) is 24.8 Å². The molecule has 2 atom stereocenters. The van der Waals surface area contributed by atoms with Crippen LogP contribution >= 0.6 is 0 Å². The fourth-order valence-corrected chi connectivity index (χ4v) is 36.6. The Morgan fingerprint density at radius 3 is 1.26 bits per heavy atom. The number of benzene rings is 4. The molecule has 1 aliphatic heterocycles. The van der Waals surface area contributed by atoms with Crippen molar-refractivity contribution >= 4 is 12.2 Å². The minimum Gasteiger partial charge on any atom is -1.00 e. The van der Waals surface area contributed by atoms with Gasteiger partial charge in [0.05, 0.1) is 0 Å². The molecule has 4 aromatic carbocycles. The predicted octanol–water partition coefficient (Wildman–Crippen LogP) is 4.27. The van der Waals surface area contributed by atoms with E-state index >= 15 is 0 Å².